The number of nitrogens with zero attached hydrogens (tertiary/aromatic N) is 1. The third kappa shape index (κ3) is 5.69. The fourth-order valence-electron chi connectivity index (χ4n) is 3.23. The molecule has 1 N–H and O–H groups in total. The highest BCUT2D eigenvalue weighted by atomic mass is 16.5. The van der Waals surface area contributed by atoms with Crippen LogP contribution in [0.2, 0.25) is 0 Å². The van der Waals surface area contributed by atoms with Crippen LogP contribution in [0.1, 0.15) is 11.1 Å². The zero-order chi connectivity index (χ0) is 17.3. The van der Waals surface area contributed by atoms with Crippen LogP contribution in [0.15, 0.2) is 60.7 Å². The standard InChI is InChI=1S/C21H26N2O2/c24-21(16-19-9-5-2-6-10-19)22-17-20(23-11-13-25-14-12-23)15-18-7-3-1-4-8-18/h1-10,20H,11-17H2,(H,22,24). The molecule has 4 nitrogen and oxygen atoms in total. The topological polar surface area (TPSA) is 41.6 Å². The first-order valence-corrected chi connectivity index (χ1v) is 8.97. The molecule has 1 unspecified atom stereocenters. The van der Waals surface area contributed by atoms with E-state index < -0.39 is 0 Å². The second kappa shape index (κ2) is 9.35. The predicted molar refractivity (Wildman–Crippen MR) is 99.5 cm³/mol. The second-order valence-corrected chi connectivity index (χ2v) is 6.46. The molecule has 0 spiro atoms. The summed E-state index contributed by atoms with van der Waals surface area (Å²) in [5, 5.41) is 3.13. The maximum absolute atomic E-state index is 12.3. The molecule has 1 aliphatic rings. The smallest absolute Gasteiger partial charge is 0.224 e. The SMILES string of the molecule is O=C(Cc1ccccc1)NCC(Cc1ccccc1)N1CCOCC1. The monoisotopic (exact) mass is 338 g/mol. The van der Waals surface area contributed by atoms with Crippen LogP contribution in [0.5, 0.6) is 0 Å². The normalized spacial score (nSPS) is 16.3. The number of morpholine rings is 1. The molecule has 0 aromatic heterocycles. The van der Waals surface area contributed by atoms with E-state index >= 15 is 0 Å². The number of hydrogen-bond acceptors (Lipinski definition) is 3. The van der Waals surface area contributed by atoms with Crippen molar-refractivity contribution in [1.29, 1.82) is 0 Å². The predicted octanol–water partition coefficient (Wildman–Crippen LogP) is 2.29. The fraction of sp³-hybridized carbons (Fsp3) is 0.381. The van der Waals surface area contributed by atoms with Gasteiger partial charge in [0, 0.05) is 25.7 Å². The zero-order valence-electron chi connectivity index (χ0n) is 14.6. The van der Waals surface area contributed by atoms with E-state index in [0.29, 0.717) is 19.0 Å². The first-order valence-electron chi connectivity index (χ1n) is 8.97. The molecule has 132 valence electrons. The Morgan fingerprint density at radius 2 is 1.56 bits per heavy atom. The van der Waals surface area contributed by atoms with E-state index in [9.17, 15) is 4.79 Å². The van der Waals surface area contributed by atoms with Crippen LogP contribution in [0.3, 0.4) is 0 Å². The largest absolute Gasteiger partial charge is 0.379 e. The number of hydrogen-bond donors (Lipinski definition) is 1. The van der Waals surface area contributed by atoms with Gasteiger partial charge in [0.2, 0.25) is 5.91 Å². The Labute approximate surface area is 149 Å². The van der Waals surface area contributed by atoms with Crippen LogP contribution in [-0.4, -0.2) is 49.7 Å². The molecule has 2 aromatic carbocycles. The van der Waals surface area contributed by atoms with Gasteiger partial charge in [0.1, 0.15) is 0 Å². The van der Waals surface area contributed by atoms with Crippen LogP contribution in [-0.2, 0) is 22.4 Å². The van der Waals surface area contributed by atoms with Gasteiger partial charge in [-0.25, -0.2) is 0 Å². The van der Waals surface area contributed by atoms with E-state index in [2.05, 4.69) is 34.5 Å². The summed E-state index contributed by atoms with van der Waals surface area (Å²) in [5.41, 5.74) is 2.35. The number of ether oxygens (including phenoxy) is 1. The molecule has 0 radical (unpaired) electrons. The lowest BCUT2D eigenvalue weighted by atomic mass is 10.0. The lowest BCUT2D eigenvalue weighted by Crippen LogP contribution is -2.50. The third-order valence-electron chi connectivity index (χ3n) is 4.62. The van der Waals surface area contributed by atoms with Gasteiger partial charge in [0.05, 0.1) is 19.6 Å². The minimum Gasteiger partial charge on any atom is -0.379 e. The molecule has 1 amide bonds. The molecular formula is C21H26N2O2. The van der Waals surface area contributed by atoms with Crippen LogP contribution in [0.25, 0.3) is 0 Å². The first-order chi connectivity index (χ1) is 12.3. The summed E-state index contributed by atoms with van der Waals surface area (Å²) >= 11 is 0. The zero-order valence-corrected chi connectivity index (χ0v) is 14.6. The molecule has 1 aliphatic heterocycles. The molecule has 1 fully saturated rings. The number of carbonyl (C=O) groups is 1. The minimum absolute atomic E-state index is 0.0810. The molecule has 1 atom stereocenters. The maximum Gasteiger partial charge on any atom is 0.224 e. The van der Waals surface area contributed by atoms with Crippen molar-refractivity contribution in [3.8, 4) is 0 Å². The number of carbonyl (C=O) groups excluding carboxylic acids is 1. The van der Waals surface area contributed by atoms with Gasteiger partial charge in [-0.2, -0.15) is 0 Å². The first kappa shape index (κ1) is 17.6. The highest BCUT2D eigenvalue weighted by Gasteiger charge is 2.21. The van der Waals surface area contributed by atoms with Gasteiger partial charge >= 0.3 is 0 Å². The molecule has 4 heteroatoms. The highest BCUT2D eigenvalue weighted by molar-refractivity contribution is 5.78. The molecule has 0 aliphatic carbocycles. The van der Waals surface area contributed by atoms with Gasteiger partial charge in [-0.1, -0.05) is 60.7 Å². The van der Waals surface area contributed by atoms with E-state index in [1.54, 1.807) is 0 Å². The van der Waals surface area contributed by atoms with Crippen LogP contribution < -0.4 is 5.32 Å². The summed E-state index contributed by atoms with van der Waals surface area (Å²) in [6.07, 6.45) is 1.37. The van der Waals surface area contributed by atoms with Crippen molar-refractivity contribution in [2.75, 3.05) is 32.8 Å². The summed E-state index contributed by atoms with van der Waals surface area (Å²) in [7, 11) is 0. The summed E-state index contributed by atoms with van der Waals surface area (Å²) in [4.78, 5) is 14.7. The maximum atomic E-state index is 12.3. The second-order valence-electron chi connectivity index (χ2n) is 6.46. The van der Waals surface area contributed by atoms with E-state index in [4.69, 9.17) is 4.74 Å². The van der Waals surface area contributed by atoms with Crippen molar-refractivity contribution in [3.05, 3.63) is 71.8 Å². The third-order valence-corrected chi connectivity index (χ3v) is 4.62. The van der Waals surface area contributed by atoms with Gasteiger partial charge < -0.3 is 10.1 Å². The summed E-state index contributed by atoms with van der Waals surface area (Å²) in [6, 6.07) is 20.7. The molecule has 3 rings (SSSR count). The molecule has 1 saturated heterocycles. The van der Waals surface area contributed by atoms with Crippen LogP contribution >= 0.6 is 0 Å². The van der Waals surface area contributed by atoms with Crippen LogP contribution in [0, 0.1) is 0 Å². The van der Waals surface area contributed by atoms with Crippen molar-refractivity contribution < 1.29 is 9.53 Å². The number of nitrogens with one attached hydrogen (secondary N) is 1. The highest BCUT2D eigenvalue weighted by Crippen LogP contribution is 2.11. The van der Waals surface area contributed by atoms with E-state index in [1.807, 2.05) is 36.4 Å². The Kier molecular flexibility index (Phi) is 6.60. The van der Waals surface area contributed by atoms with Crippen molar-refractivity contribution in [2.24, 2.45) is 0 Å². The van der Waals surface area contributed by atoms with Crippen molar-refractivity contribution >= 4 is 5.91 Å². The van der Waals surface area contributed by atoms with Crippen molar-refractivity contribution in [3.63, 3.8) is 0 Å². The van der Waals surface area contributed by atoms with E-state index in [0.717, 1.165) is 38.3 Å². The lowest BCUT2D eigenvalue weighted by Gasteiger charge is -2.34. The molecule has 1 heterocycles. The summed E-state index contributed by atoms with van der Waals surface area (Å²) < 4.78 is 5.48. The quantitative estimate of drug-likeness (QED) is 0.842. The molecule has 0 bridgehead atoms. The average Bonchev–Trinajstić information content (AvgIpc) is 2.67. The summed E-state index contributed by atoms with van der Waals surface area (Å²) in [6.45, 7) is 4.05. The fourth-order valence-corrected chi connectivity index (χ4v) is 3.23. The molecule has 0 saturated carbocycles. The Hall–Kier alpha value is -2.17. The van der Waals surface area contributed by atoms with Gasteiger partial charge in [-0.15, -0.1) is 0 Å². The molecular weight excluding hydrogens is 312 g/mol. The van der Waals surface area contributed by atoms with Gasteiger partial charge in [-0.05, 0) is 17.5 Å². The Balaban J connectivity index is 1.57. The molecule has 25 heavy (non-hydrogen) atoms. The molecule has 2 aromatic rings. The van der Waals surface area contributed by atoms with Gasteiger partial charge in [0.25, 0.3) is 0 Å². The van der Waals surface area contributed by atoms with Crippen molar-refractivity contribution in [1.82, 2.24) is 10.2 Å². The Morgan fingerprint density at radius 1 is 0.960 bits per heavy atom. The number of amides is 1. The van der Waals surface area contributed by atoms with E-state index in [1.165, 1.54) is 5.56 Å². The van der Waals surface area contributed by atoms with Crippen molar-refractivity contribution in [2.45, 2.75) is 18.9 Å². The Bertz CT molecular complexity index is 639. The summed E-state index contributed by atoms with van der Waals surface area (Å²) in [5.74, 6) is 0.0810. The Morgan fingerprint density at radius 3 is 2.20 bits per heavy atom. The van der Waals surface area contributed by atoms with Gasteiger partial charge in [0.15, 0.2) is 0 Å². The average molecular weight is 338 g/mol. The minimum atomic E-state index is 0.0810. The van der Waals surface area contributed by atoms with Gasteiger partial charge in [-0.3, -0.25) is 9.69 Å². The number of benzene rings is 2. The number of rotatable bonds is 7. The lowest BCUT2D eigenvalue weighted by molar-refractivity contribution is -0.120. The van der Waals surface area contributed by atoms with Crippen LogP contribution in [0.4, 0.5) is 0 Å². The van der Waals surface area contributed by atoms with E-state index in [-0.39, 0.29) is 5.91 Å².